The van der Waals surface area contributed by atoms with Crippen LogP contribution in [0.1, 0.15) is 18.9 Å². The summed E-state index contributed by atoms with van der Waals surface area (Å²) in [5.74, 6) is 5.18. The zero-order valence-corrected chi connectivity index (χ0v) is 9.44. The van der Waals surface area contributed by atoms with E-state index in [1.165, 1.54) is 0 Å². The molecule has 0 saturated carbocycles. The van der Waals surface area contributed by atoms with E-state index in [1.807, 2.05) is 6.92 Å². The van der Waals surface area contributed by atoms with Gasteiger partial charge in [0.25, 0.3) is 0 Å². The van der Waals surface area contributed by atoms with Gasteiger partial charge in [-0.15, -0.1) is 0 Å². The molecule has 0 fully saturated rings. The van der Waals surface area contributed by atoms with E-state index in [4.69, 9.17) is 5.73 Å². The van der Waals surface area contributed by atoms with Crippen molar-refractivity contribution in [2.45, 2.75) is 19.4 Å². The number of nitrogens with two attached hydrogens (primary N) is 1. The van der Waals surface area contributed by atoms with Gasteiger partial charge in [0.05, 0.1) is 16.1 Å². The van der Waals surface area contributed by atoms with Crippen LogP contribution < -0.4 is 5.73 Å². The number of hydrogen-bond donors (Lipinski definition) is 1. The minimum absolute atomic E-state index is 0.187. The molecule has 0 heterocycles. The van der Waals surface area contributed by atoms with Gasteiger partial charge in [0, 0.05) is 0 Å². The molecule has 0 saturated heterocycles. The summed E-state index contributed by atoms with van der Waals surface area (Å²) in [5, 5.41) is 0. The second kappa shape index (κ2) is 5.14. The first kappa shape index (κ1) is 11.2. The SMILES string of the molecule is CCC(N)C#Cc1cccc(Br)c1F. The Bertz CT molecular complexity index is 379. The number of hydrogen-bond acceptors (Lipinski definition) is 1. The maximum Gasteiger partial charge on any atom is 0.152 e. The molecule has 0 radical (unpaired) electrons. The number of rotatable bonds is 1. The highest BCUT2D eigenvalue weighted by Gasteiger charge is 2.02. The van der Waals surface area contributed by atoms with Gasteiger partial charge < -0.3 is 5.73 Å². The van der Waals surface area contributed by atoms with Gasteiger partial charge in [-0.05, 0) is 34.5 Å². The zero-order valence-electron chi connectivity index (χ0n) is 7.85. The number of benzene rings is 1. The summed E-state index contributed by atoms with van der Waals surface area (Å²) >= 11 is 3.10. The molecule has 1 rings (SSSR count). The van der Waals surface area contributed by atoms with Gasteiger partial charge in [-0.1, -0.05) is 24.8 Å². The van der Waals surface area contributed by atoms with Crippen molar-refractivity contribution in [3.8, 4) is 11.8 Å². The van der Waals surface area contributed by atoms with Gasteiger partial charge in [-0.2, -0.15) is 0 Å². The molecule has 0 aliphatic heterocycles. The molecule has 1 unspecified atom stereocenters. The van der Waals surface area contributed by atoms with Gasteiger partial charge in [0.15, 0.2) is 5.82 Å². The maximum absolute atomic E-state index is 13.4. The molecule has 1 aromatic carbocycles. The van der Waals surface area contributed by atoms with E-state index in [-0.39, 0.29) is 11.9 Å². The zero-order chi connectivity index (χ0) is 10.6. The van der Waals surface area contributed by atoms with Gasteiger partial charge in [0.1, 0.15) is 0 Å². The molecule has 74 valence electrons. The van der Waals surface area contributed by atoms with Crippen molar-refractivity contribution in [1.29, 1.82) is 0 Å². The molecular weight excluding hydrogens is 245 g/mol. The largest absolute Gasteiger partial charge is 0.318 e. The van der Waals surface area contributed by atoms with E-state index in [0.29, 0.717) is 10.0 Å². The first-order chi connectivity index (χ1) is 6.65. The second-order valence-electron chi connectivity index (χ2n) is 2.89. The maximum atomic E-state index is 13.4. The monoisotopic (exact) mass is 255 g/mol. The Morgan fingerprint density at radius 3 is 2.93 bits per heavy atom. The van der Waals surface area contributed by atoms with Crippen LogP contribution in [0.4, 0.5) is 4.39 Å². The van der Waals surface area contributed by atoms with Crippen molar-refractivity contribution in [2.75, 3.05) is 0 Å². The van der Waals surface area contributed by atoms with Crippen LogP contribution in [0, 0.1) is 17.7 Å². The van der Waals surface area contributed by atoms with Gasteiger partial charge >= 0.3 is 0 Å². The van der Waals surface area contributed by atoms with E-state index in [9.17, 15) is 4.39 Å². The molecule has 1 nitrogen and oxygen atoms in total. The highest BCUT2D eigenvalue weighted by atomic mass is 79.9. The second-order valence-corrected chi connectivity index (χ2v) is 3.74. The normalized spacial score (nSPS) is 11.7. The Kier molecular flexibility index (Phi) is 4.12. The molecule has 0 aliphatic rings. The Hall–Kier alpha value is -0.850. The third-order valence-electron chi connectivity index (χ3n) is 1.78. The fraction of sp³-hybridized carbons (Fsp3) is 0.273. The molecular formula is C11H11BrFN. The molecule has 2 N–H and O–H groups in total. The summed E-state index contributed by atoms with van der Waals surface area (Å²) in [4.78, 5) is 0. The molecule has 1 aromatic rings. The topological polar surface area (TPSA) is 26.0 Å². The van der Waals surface area contributed by atoms with E-state index in [0.717, 1.165) is 6.42 Å². The van der Waals surface area contributed by atoms with Crippen molar-refractivity contribution in [2.24, 2.45) is 5.73 Å². The fourth-order valence-corrected chi connectivity index (χ4v) is 1.24. The first-order valence-corrected chi connectivity index (χ1v) is 5.15. The van der Waals surface area contributed by atoms with Crippen molar-refractivity contribution < 1.29 is 4.39 Å². The van der Waals surface area contributed by atoms with Crippen LogP contribution in [-0.4, -0.2) is 6.04 Å². The van der Waals surface area contributed by atoms with Crippen LogP contribution in [0.15, 0.2) is 22.7 Å². The van der Waals surface area contributed by atoms with Crippen molar-refractivity contribution in [3.63, 3.8) is 0 Å². The standard InChI is InChI=1S/C11H11BrFN/c1-2-9(14)7-6-8-4-3-5-10(12)11(8)13/h3-5,9H,2,14H2,1H3. The van der Waals surface area contributed by atoms with Crippen LogP contribution in [0.5, 0.6) is 0 Å². The van der Waals surface area contributed by atoms with E-state index in [1.54, 1.807) is 18.2 Å². The minimum Gasteiger partial charge on any atom is -0.318 e. The Morgan fingerprint density at radius 1 is 1.57 bits per heavy atom. The lowest BCUT2D eigenvalue weighted by molar-refractivity contribution is 0.617. The van der Waals surface area contributed by atoms with E-state index >= 15 is 0 Å². The molecule has 0 spiro atoms. The molecule has 0 amide bonds. The summed E-state index contributed by atoms with van der Waals surface area (Å²) in [5.41, 5.74) is 5.98. The summed E-state index contributed by atoms with van der Waals surface area (Å²) < 4.78 is 13.8. The lowest BCUT2D eigenvalue weighted by Crippen LogP contribution is -2.15. The highest BCUT2D eigenvalue weighted by Crippen LogP contribution is 2.17. The predicted molar refractivity (Wildman–Crippen MR) is 59.2 cm³/mol. The fourth-order valence-electron chi connectivity index (χ4n) is 0.873. The minimum atomic E-state index is -0.330. The molecule has 0 aromatic heterocycles. The average Bonchev–Trinajstić information content (AvgIpc) is 2.20. The van der Waals surface area contributed by atoms with Crippen molar-refractivity contribution in [1.82, 2.24) is 0 Å². The van der Waals surface area contributed by atoms with Gasteiger partial charge in [-0.25, -0.2) is 4.39 Å². The van der Waals surface area contributed by atoms with Crippen LogP contribution in [0.3, 0.4) is 0 Å². The third kappa shape index (κ3) is 2.83. The Balaban J connectivity index is 2.95. The predicted octanol–water partition coefficient (Wildman–Crippen LogP) is 2.68. The number of halogens is 2. The Morgan fingerprint density at radius 2 is 2.29 bits per heavy atom. The summed E-state index contributed by atoms with van der Waals surface area (Å²) in [6, 6.07) is 4.83. The summed E-state index contributed by atoms with van der Waals surface area (Å²) in [6.45, 7) is 1.94. The van der Waals surface area contributed by atoms with Gasteiger partial charge in [0.2, 0.25) is 0 Å². The first-order valence-electron chi connectivity index (χ1n) is 4.36. The van der Waals surface area contributed by atoms with Crippen molar-refractivity contribution in [3.05, 3.63) is 34.1 Å². The molecule has 0 bridgehead atoms. The van der Waals surface area contributed by atoms with Crippen LogP contribution in [0.25, 0.3) is 0 Å². The Labute approximate surface area is 91.6 Å². The molecule has 3 heteroatoms. The summed E-state index contributed by atoms with van der Waals surface area (Å²) in [7, 11) is 0. The van der Waals surface area contributed by atoms with Crippen molar-refractivity contribution >= 4 is 15.9 Å². The smallest absolute Gasteiger partial charge is 0.152 e. The van der Waals surface area contributed by atoms with Gasteiger partial charge in [-0.3, -0.25) is 0 Å². The molecule has 0 aliphatic carbocycles. The molecule has 1 atom stereocenters. The third-order valence-corrected chi connectivity index (χ3v) is 2.40. The van der Waals surface area contributed by atoms with Crippen LogP contribution >= 0.6 is 15.9 Å². The lowest BCUT2D eigenvalue weighted by atomic mass is 10.2. The highest BCUT2D eigenvalue weighted by molar-refractivity contribution is 9.10. The van der Waals surface area contributed by atoms with Crippen LogP contribution in [0.2, 0.25) is 0 Å². The lowest BCUT2D eigenvalue weighted by Gasteiger charge is -1.98. The molecule has 14 heavy (non-hydrogen) atoms. The summed E-state index contributed by atoms with van der Waals surface area (Å²) in [6.07, 6.45) is 0.766. The quantitative estimate of drug-likeness (QED) is 0.768. The van der Waals surface area contributed by atoms with E-state index in [2.05, 4.69) is 27.8 Å². The average molecular weight is 256 g/mol. The van der Waals surface area contributed by atoms with E-state index < -0.39 is 0 Å². The van der Waals surface area contributed by atoms with Crippen LogP contribution in [-0.2, 0) is 0 Å².